The van der Waals surface area contributed by atoms with Gasteiger partial charge in [-0.25, -0.2) is 5.84 Å². The first-order valence-electron chi connectivity index (χ1n) is 6.39. The van der Waals surface area contributed by atoms with Crippen LogP contribution in [0.15, 0.2) is 21.7 Å². The minimum atomic E-state index is 0.402. The SMILES string of the molecule is Cc1cc(C(=NC2CCCCCC2)NN)co1. The van der Waals surface area contributed by atoms with Crippen LogP contribution >= 0.6 is 0 Å². The monoisotopic (exact) mass is 235 g/mol. The van der Waals surface area contributed by atoms with Crippen molar-refractivity contribution >= 4 is 5.84 Å². The first kappa shape index (κ1) is 12.2. The maximum atomic E-state index is 5.55. The molecule has 1 aliphatic rings. The van der Waals surface area contributed by atoms with Gasteiger partial charge in [0.25, 0.3) is 0 Å². The van der Waals surface area contributed by atoms with Gasteiger partial charge in [0, 0.05) is 0 Å². The summed E-state index contributed by atoms with van der Waals surface area (Å²) in [6.45, 7) is 1.92. The van der Waals surface area contributed by atoms with Crippen LogP contribution in [-0.2, 0) is 0 Å². The molecule has 1 aromatic heterocycles. The summed E-state index contributed by atoms with van der Waals surface area (Å²) >= 11 is 0. The fourth-order valence-electron chi connectivity index (χ4n) is 2.33. The molecule has 4 heteroatoms. The Balaban J connectivity index is 2.10. The Morgan fingerprint density at radius 3 is 2.59 bits per heavy atom. The van der Waals surface area contributed by atoms with E-state index in [-0.39, 0.29) is 0 Å². The van der Waals surface area contributed by atoms with E-state index in [1.807, 2.05) is 13.0 Å². The van der Waals surface area contributed by atoms with Crippen molar-refractivity contribution in [1.82, 2.24) is 5.43 Å². The molecule has 0 aliphatic heterocycles. The summed E-state index contributed by atoms with van der Waals surface area (Å²) in [4.78, 5) is 4.72. The van der Waals surface area contributed by atoms with Gasteiger partial charge in [0.15, 0.2) is 0 Å². The molecule has 0 atom stereocenters. The molecule has 17 heavy (non-hydrogen) atoms. The minimum Gasteiger partial charge on any atom is -0.469 e. The minimum absolute atomic E-state index is 0.402. The summed E-state index contributed by atoms with van der Waals surface area (Å²) < 4.78 is 5.28. The molecule has 0 saturated heterocycles. The maximum Gasteiger partial charge on any atom is 0.146 e. The first-order valence-corrected chi connectivity index (χ1v) is 6.39. The fraction of sp³-hybridized carbons (Fsp3) is 0.615. The number of furan rings is 1. The number of amidine groups is 1. The van der Waals surface area contributed by atoms with Gasteiger partial charge in [0.05, 0.1) is 11.6 Å². The normalized spacial score (nSPS) is 19.1. The molecule has 2 rings (SSSR count). The topological polar surface area (TPSA) is 63.5 Å². The van der Waals surface area contributed by atoms with E-state index in [4.69, 9.17) is 15.3 Å². The molecule has 0 bridgehead atoms. The zero-order valence-corrected chi connectivity index (χ0v) is 10.4. The summed E-state index contributed by atoms with van der Waals surface area (Å²) in [5.41, 5.74) is 3.63. The summed E-state index contributed by atoms with van der Waals surface area (Å²) in [5, 5.41) is 0. The highest BCUT2D eigenvalue weighted by Crippen LogP contribution is 2.20. The smallest absolute Gasteiger partial charge is 0.146 e. The second kappa shape index (κ2) is 5.87. The van der Waals surface area contributed by atoms with Gasteiger partial charge in [0.2, 0.25) is 0 Å². The van der Waals surface area contributed by atoms with Crippen molar-refractivity contribution in [2.75, 3.05) is 0 Å². The lowest BCUT2D eigenvalue weighted by atomic mass is 10.1. The number of hydrogen-bond donors (Lipinski definition) is 2. The molecule has 0 spiro atoms. The van der Waals surface area contributed by atoms with Gasteiger partial charge >= 0.3 is 0 Å². The summed E-state index contributed by atoms with van der Waals surface area (Å²) in [6, 6.07) is 2.36. The molecule has 0 amide bonds. The van der Waals surface area contributed by atoms with E-state index in [0.717, 1.165) is 17.2 Å². The molecule has 94 valence electrons. The number of nitrogens with two attached hydrogens (primary N) is 1. The molecule has 0 radical (unpaired) electrons. The van der Waals surface area contributed by atoms with Gasteiger partial charge in [-0.15, -0.1) is 0 Å². The molecule has 3 N–H and O–H groups in total. The number of aliphatic imine (C=N–C) groups is 1. The Morgan fingerprint density at radius 1 is 1.35 bits per heavy atom. The molecular formula is C13H21N3O. The molecular weight excluding hydrogens is 214 g/mol. The van der Waals surface area contributed by atoms with E-state index in [0.29, 0.717) is 6.04 Å². The lowest BCUT2D eigenvalue weighted by Gasteiger charge is -2.11. The summed E-state index contributed by atoms with van der Waals surface area (Å²) in [6.07, 6.45) is 9.26. The van der Waals surface area contributed by atoms with Crippen molar-refractivity contribution in [3.8, 4) is 0 Å². The Bertz CT molecular complexity index is 376. The lowest BCUT2D eigenvalue weighted by molar-refractivity contribution is 0.533. The van der Waals surface area contributed by atoms with Gasteiger partial charge < -0.3 is 9.84 Å². The number of hydrogen-bond acceptors (Lipinski definition) is 3. The van der Waals surface area contributed by atoms with E-state index >= 15 is 0 Å². The molecule has 1 aliphatic carbocycles. The van der Waals surface area contributed by atoms with E-state index in [1.54, 1.807) is 6.26 Å². The van der Waals surface area contributed by atoms with E-state index in [2.05, 4.69) is 5.43 Å². The zero-order chi connectivity index (χ0) is 12.1. The van der Waals surface area contributed by atoms with E-state index in [1.165, 1.54) is 38.5 Å². The third-order valence-corrected chi connectivity index (χ3v) is 3.28. The Labute approximate surface area is 102 Å². The average molecular weight is 235 g/mol. The van der Waals surface area contributed by atoms with Crippen LogP contribution in [0, 0.1) is 6.92 Å². The molecule has 1 aromatic rings. The lowest BCUT2D eigenvalue weighted by Crippen LogP contribution is -2.32. The van der Waals surface area contributed by atoms with Crippen molar-refractivity contribution in [2.24, 2.45) is 10.8 Å². The third-order valence-electron chi connectivity index (χ3n) is 3.28. The predicted molar refractivity (Wildman–Crippen MR) is 68.8 cm³/mol. The number of aryl methyl sites for hydroxylation is 1. The molecule has 4 nitrogen and oxygen atoms in total. The molecule has 1 fully saturated rings. The fourth-order valence-corrected chi connectivity index (χ4v) is 2.33. The van der Waals surface area contributed by atoms with Gasteiger partial charge in [-0.3, -0.25) is 4.99 Å². The van der Waals surface area contributed by atoms with E-state index in [9.17, 15) is 0 Å². The Hall–Kier alpha value is -1.29. The average Bonchev–Trinajstić information content (AvgIpc) is 2.62. The largest absolute Gasteiger partial charge is 0.469 e. The van der Waals surface area contributed by atoms with Gasteiger partial charge in [-0.05, 0) is 25.8 Å². The highest BCUT2D eigenvalue weighted by molar-refractivity contribution is 5.98. The van der Waals surface area contributed by atoms with Crippen molar-refractivity contribution in [3.05, 3.63) is 23.7 Å². The maximum absolute atomic E-state index is 5.55. The quantitative estimate of drug-likeness (QED) is 0.272. The third kappa shape index (κ3) is 3.33. The van der Waals surface area contributed by atoms with Crippen molar-refractivity contribution in [3.63, 3.8) is 0 Å². The van der Waals surface area contributed by atoms with E-state index < -0.39 is 0 Å². The molecule has 0 unspecified atom stereocenters. The van der Waals surface area contributed by atoms with Crippen LogP contribution in [0.2, 0.25) is 0 Å². The number of hydrazine groups is 1. The summed E-state index contributed by atoms with van der Waals surface area (Å²) in [5.74, 6) is 7.17. The van der Waals surface area contributed by atoms with Gasteiger partial charge in [-0.1, -0.05) is 25.7 Å². The number of rotatable bonds is 2. The van der Waals surface area contributed by atoms with Crippen LogP contribution < -0.4 is 11.3 Å². The first-order chi connectivity index (χ1) is 8.29. The van der Waals surface area contributed by atoms with Crippen molar-refractivity contribution in [2.45, 2.75) is 51.5 Å². The highest BCUT2D eigenvalue weighted by atomic mass is 16.3. The highest BCUT2D eigenvalue weighted by Gasteiger charge is 2.13. The van der Waals surface area contributed by atoms with Crippen molar-refractivity contribution in [1.29, 1.82) is 0 Å². The zero-order valence-electron chi connectivity index (χ0n) is 10.4. The molecule has 1 saturated carbocycles. The van der Waals surface area contributed by atoms with Crippen LogP contribution in [0.3, 0.4) is 0 Å². The predicted octanol–water partition coefficient (Wildman–Crippen LogP) is 2.52. The molecule has 1 heterocycles. The second-order valence-electron chi connectivity index (χ2n) is 4.71. The standard InChI is InChI=1S/C13H21N3O/c1-10-8-11(9-17-10)13(16-14)15-12-6-4-2-3-5-7-12/h8-9,12H,2-7,14H2,1H3,(H,15,16). The number of nitrogens with zero attached hydrogens (tertiary/aromatic N) is 1. The molecule has 0 aromatic carbocycles. The number of nitrogens with one attached hydrogen (secondary N) is 1. The van der Waals surface area contributed by atoms with Gasteiger partial charge in [-0.2, -0.15) is 0 Å². The van der Waals surface area contributed by atoms with Crippen LogP contribution in [0.1, 0.15) is 49.8 Å². The Morgan fingerprint density at radius 2 is 2.06 bits per heavy atom. The second-order valence-corrected chi connectivity index (χ2v) is 4.71. The van der Waals surface area contributed by atoms with Gasteiger partial charge in [0.1, 0.15) is 17.9 Å². The van der Waals surface area contributed by atoms with Crippen LogP contribution in [-0.4, -0.2) is 11.9 Å². The summed E-state index contributed by atoms with van der Waals surface area (Å²) in [7, 11) is 0. The van der Waals surface area contributed by atoms with Crippen LogP contribution in [0.4, 0.5) is 0 Å². The van der Waals surface area contributed by atoms with Crippen LogP contribution in [0.25, 0.3) is 0 Å². The van der Waals surface area contributed by atoms with Crippen molar-refractivity contribution < 1.29 is 4.42 Å². The Kier molecular flexibility index (Phi) is 4.20. The van der Waals surface area contributed by atoms with Crippen LogP contribution in [0.5, 0.6) is 0 Å².